The van der Waals surface area contributed by atoms with E-state index < -0.39 is 0 Å². The number of rotatable bonds is 2. The zero-order valence-electron chi connectivity index (χ0n) is 9.26. The molecule has 2 nitrogen and oxygen atoms in total. The summed E-state index contributed by atoms with van der Waals surface area (Å²) in [4.78, 5) is 12.1. The van der Waals surface area contributed by atoms with E-state index in [9.17, 15) is 4.79 Å². The molecule has 1 heterocycles. The first-order chi connectivity index (χ1) is 8.47. The van der Waals surface area contributed by atoms with Crippen molar-refractivity contribution in [3.63, 3.8) is 0 Å². The number of carbonyl (C=O) groups is 1. The Morgan fingerprint density at radius 2 is 2.06 bits per heavy atom. The summed E-state index contributed by atoms with van der Waals surface area (Å²) >= 11 is 10.5. The first-order valence-corrected chi connectivity index (χ1v) is 8.48. The molecule has 1 amide bonds. The number of benzene rings is 1. The monoisotopic (exact) mass is 499 g/mol. The number of hydrogen-bond donors (Lipinski definition) is 1. The average Bonchev–Trinajstić information content (AvgIpc) is 2.62. The molecule has 94 valence electrons. The van der Waals surface area contributed by atoms with Gasteiger partial charge in [0.1, 0.15) is 0 Å². The van der Waals surface area contributed by atoms with E-state index in [4.69, 9.17) is 0 Å². The van der Waals surface area contributed by atoms with Crippen molar-refractivity contribution in [3.8, 4) is 0 Å². The van der Waals surface area contributed by atoms with Crippen LogP contribution in [0.1, 0.15) is 15.9 Å². The Hall–Kier alpha value is 0.0800. The van der Waals surface area contributed by atoms with Crippen molar-refractivity contribution in [1.29, 1.82) is 0 Å². The third kappa shape index (κ3) is 3.34. The van der Waals surface area contributed by atoms with Gasteiger partial charge < -0.3 is 5.32 Å². The van der Waals surface area contributed by atoms with Gasteiger partial charge in [0.05, 0.1) is 13.1 Å². The summed E-state index contributed by atoms with van der Waals surface area (Å²) in [5.74, 6) is -0.104. The van der Waals surface area contributed by atoms with E-state index in [1.807, 2.05) is 31.2 Å². The molecule has 1 aromatic carbocycles. The summed E-state index contributed by atoms with van der Waals surface area (Å²) in [7, 11) is 0. The van der Waals surface area contributed by atoms with Gasteiger partial charge in [0.15, 0.2) is 0 Å². The quantitative estimate of drug-likeness (QED) is 0.547. The lowest BCUT2D eigenvalue weighted by Gasteiger charge is -2.08. The highest BCUT2D eigenvalue weighted by Crippen LogP contribution is 2.32. The Labute approximate surface area is 140 Å². The minimum atomic E-state index is -0.104. The molecule has 0 unspecified atom stereocenters. The van der Waals surface area contributed by atoms with Crippen molar-refractivity contribution in [3.05, 3.63) is 46.5 Å². The van der Waals surface area contributed by atoms with Gasteiger partial charge in [-0.15, -0.1) is 11.3 Å². The summed E-state index contributed by atoms with van der Waals surface area (Å²) < 4.78 is 2.91. The molecule has 2 aromatic rings. The molecule has 0 aliphatic rings. The maximum atomic E-state index is 12.1. The number of carbonyl (C=O) groups excluding carboxylic acids is 1. The second-order valence-corrected chi connectivity index (χ2v) is 8.65. The summed E-state index contributed by atoms with van der Waals surface area (Å²) in [6.07, 6.45) is 0. The van der Waals surface area contributed by atoms with Crippen LogP contribution in [-0.4, -0.2) is 5.91 Å². The van der Waals surface area contributed by atoms with Gasteiger partial charge >= 0.3 is 0 Å². The fourth-order valence-electron chi connectivity index (χ4n) is 1.45. The summed E-state index contributed by atoms with van der Waals surface area (Å²) in [6.45, 7) is 1.98. The Morgan fingerprint density at radius 3 is 2.61 bits per heavy atom. The van der Waals surface area contributed by atoms with Gasteiger partial charge in [-0.25, -0.2) is 0 Å². The van der Waals surface area contributed by atoms with Crippen LogP contribution in [0, 0.1) is 10.5 Å². The first-order valence-electron chi connectivity index (χ1n) is 4.99. The molecule has 0 bridgehead atoms. The van der Waals surface area contributed by atoms with Gasteiger partial charge in [0.25, 0.3) is 5.91 Å². The van der Waals surface area contributed by atoms with E-state index in [1.165, 1.54) is 11.3 Å². The van der Waals surface area contributed by atoms with Crippen molar-refractivity contribution >= 4 is 77.4 Å². The van der Waals surface area contributed by atoms with Crippen LogP contribution in [0.15, 0.2) is 31.8 Å². The van der Waals surface area contributed by atoms with Crippen LogP contribution in [0.4, 0.5) is 5.69 Å². The maximum Gasteiger partial charge on any atom is 0.257 e. The Bertz CT molecular complexity index is 612. The number of anilines is 1. The predicted molar refractivity (Wildman–Crippen MR) is 91.6 cm³/mol. The molecule has 0 radical (unpaired) electrons. The van der Waals surface area contributed by atoms with Crippen molar-refractivity contribution in [2.24, 2.45) is 0 Å². The van der Waals surface area contributed by atoms with Gasteiger partial charge in [-0.1, -0.05) is 0 Å². The largest absolute Gasteiger partial charge is 0.322 e. The lowest BCUT2D eigenvalue weighted by Crippen LogP contribution is -2.12. The number of halogens is 3. The molecule has 0 aliphatic heterocycles. The highest BCUT2D eigenvalue weighted by molar-refractivity contribution is 14.1. The van der Waals surface area contributed by atoms with Gasteiger partial charge in [-0.3, -0.25) is 4.79 Å². The lowest BCUT2D eigenvalue weighted by atomic mass is 10.2. The highest BCUT2D eigenvalue weighted by atomic mass is 127. The SMILES string of the molecule is Cc1cc(I)ccc1NC(=O)c1cc(Br)sc1Br. The number of amides is 1. The second kappa shape index (κ2) is 6.02. The Morgan fingerprint density at radius 1 is 1.33 bits per heavy atom. The van der Waals surface area contributed by atoms with Gasteiger partial charge in [0.2, 0.25) is 0 Å². The van der Waals surface area contributed by atoms with Gasteiger partial charge in [0, 0.05) is 9.26 Å². The van der Waals surface area contributed by atoms with Crippen LogP contribution in [0.25, 0.3) is 0 Å². The highest BCUT2D eigenvalue weighted by Gasteiger charge is 2.14. The molecule has 0 atom stereocenters. The fourth-order valence-corrected chi connectivity index (χ4v) is 4.89. The molecule has 1 aromatic heterocycles. The lowest BCUT2D eigenvalue weighted by molar-refractivity contribution is 0.102. The number of nitrogens with one attached hydrogen (secondary N) is 1. The Balaban J connectivity index is 2.24. The number of hydrogen-bond acceptors (Lipinski definition) is 2. The van der Waals surface area contributed by atoms with Crippen molar-refractivity contribution in [1.82, 2.24) is 0 Å². The van der Waals surface area contributed by atoms with Crippen LogP contribution < -0.4 is 5.32 Å². The fraction of sp³-hybridized carbons (Fsp3) is 0.0833. The zero-order valence-corrected chi connectivity index (χ0v) is 15.4. The molecular weight excluding hydrogens is 493 g/mol. The molecule has 6 heteroatoms. The van der Waals surface area contributed by atoms with Gasteiger partial charge in [-0.2, -0.15) is 0 Å². The van der Waals surface area contributed by atoms with Gasteiger partial charge in [-0.05, 0) is 91.2 Å². The standard InChI is InChI=1S/C12H8Br2INOS/c1-6-4-7(15)2-3-9(6)16-12(17)8-5-10(13)18-11(8)14/h2-5H,1H3,(H,16,17). The van der Waals surface area contributed by atoms with Crippen LogP contribution in [0.2, 0.25) is 0 Å². The smallest absolute Gasteiger partial charge is 0.257 e. The molecule has 2 rings (SSSR count). The van der Waals surface area contributed by atoms with Crippen LogP contribution in [0.3, 0.4) is 0 Å². The zero-order chi connectivity index (χ0) is 13.3. The molecule has 18 heavy (non-hydrogen) atoms. The van der Waals surface area contributed by atoms with Crippen LogP contribution in [0.5, 0.6) is 0 Å². The average molecular weight is 501 g/mol. The van der Waals surface area contributed by atoms with E-state index in [2.05, 4.69) is 59.8 Å². The van der Waals surface area contributed by atoms with E-state index in [-0.39, 0.29) is 5.91 Å². The molecule has 0 saturated carbocycles. The molecule has 1 N–H and O–H groups in total. The first kappa shape index (κ1) is 14.5. The molecular formula is C12H8Br2INOS. The van der Waals surface area contributed by atoms with E-state index in [0.717, 1.165) is 22.4 Å². The van der Waals surface area contributed by atoms with Crippen LogP contribution >= 0.6 is 65.8 Å². The summed E-state index contributed by atoms with van der Waals surface area (Å²) in [5, 5.41) is 2.92. The molecule has 0 spiro atoms. The minimum absolute atomic E-state index is 0.104. The van der Waals surface area contributed by atoms with E-state index >= 15 is 0 Å². The summed E-state index contributed by atoms with van der Waals surface area (Å²) in [6, 6.07) is 7.74. The molecule has 0 fully saturated rings. The third-order valence-corrected chi connectivity index (χ3v) is 5.35. The molecule has 0 aliphatic carbocycles. The van der Waals surface area contributed by atoms with Crippen LogP contribution in [-0.2, 0) is 0 Å². The normalized spacial score (nSPS) is 10.4. The van der Waals surface area contributed by atoms with E-state index in [1.54, 1.807) is 0 Å². The third-order valence-electron chi connectivity index (χ3n) is 2.34. The van der Waals surface area contributed by atoms with Crippen molar-refractivity contribution < 1.29 is 4.79 Å². The number of aryl methyl sites for hydroxylation is 1. The minimum Gasteiger partial charge on any atom is -0.322 e. The van der Waals surface area contributed by atoms with E-state index in [0.29, 0.717) is 5.56 Å². The number of thiophene rings is 1. The predicted octanol–water partition coefficient (Wildman–Crippen LogP) is 5.44. The van der Waals surface area contributed by atoms with Crippen molar-refractivity contribution in [2.45, 2.75) is 6.92 Å². The second-order valence-electron chi connectivity index (χ2n) is 3.65. The maximum absolute atomic E-state index is 12.1. The Kier molecular flexibility index (Phi) is 4.85. The molecule has 0 saturated heterocycles. The van der Waals surface area contributed by atoms with Crippen molar-refractivity contribution in [2.75, 3.05) is 5.32 Å². The summed E-state index contributed by atoms with van der Waals surface area (Å²) in [5.41, 5.74) is 2.54. The topological polar surface area (TPSA) is 29.1 Å².